The van der Waals surface area contributed by atoms with E-state index >= 15 is 0 Å². The molecular weight excluding hydrogens is 282 g/mol. The molecule has 1 aromatic heterocycles. The van der Waals surface area contributed by atoms with Gasteiger partial charge in [0.25, 0.3) is 0 Å². The second-order valence-corrected chi connectivity index (χ2v) is 6.16. The molecular formula is C18H16ClNO. The highest BCUT2D eigenvalue weighted by Gasteiger charge is 2.23. The van der Waals surface area contributed by atoms with Crippen molar-refractivity contribution in [2.24, 2.45) is 0 Å². The van der Waals surface area contributed by atoms with Gasteiger partial charge in [-0.1, -0.05) is 35.4 Å². The number of ether oxygens (including phenoxy) is 1. The summed E-state index contributed by atoms with van der Waals surface area (Å²) in [7, 11) is 0. The van der Waals surface area contributed by atoms with Gasteiger partial charge in [0.1, 0.15) is 11.9 Å². The summed E-state index contributed by atoms with van der Waals surface area (Å²) in [4.78, 5) is 0. The van der Waals surface area contributed by atoms with E-state index in [4.69, 9.17) is 16.3 Å². The van der Waals surface area contributed by atoms with Gasteiger partial charge in [0.15, 0.2) is 0 Å². The van der Waals surface area contributed by atoms with Crippen molar-refractivity contribution in [1.29, 1.82) is 0 Å². The first-order valence-corrected chi connectivity index (χ1v) is 7.57. The van der Waals surface area contributed by atoms with Gasteiger partial charge in [-0.05, 0) is 42.1 Å². The number of hydrogen-bond donors (Lipinski definition) is 0. The number of hydrogen-bond acceptors (Lipinski definition) is 1. The van der Waals surface area contributed by atoms with Gasteiger partial charge in [0.05, 0.1) is 6.54 Å². The summed E-state index contributed by atoms with van der Waals surface area (Å²) in [6.07, 6.45) is 3.27. The maximum absolute atomic E-state index is 6.11. The molecule has 21 heavy (non-hydrogen) atoms. The number of nitrogens with zero attached hydrogens (tertiary/aromatic N) is 1. The summed E-state index contributed by atoms with van der Waals surface area (Å²) in [5.41, 5.74) is 3.77. The van der Waals surface area contributed by atoms with Crippen LogP contribution >= 0.6 is 11.6 Å². The average Bonchev–Trinajstić information content (AvgIpc) is 3.02. The van der Waals surface area contributed by atoms with E-state index in [1.54, 1.807) is 0 Å². The number of aromatic nitrogens is 1. The van der Waals surface area contributed by atoms with E-state index in [2.05, 4.69) is 48.0 Å². The molecule has 106 valence electrons. The molecule has 0 bridgehead atoms. The summed E-state index contributed by atoms with van der Waals surface area (Å²) >= 11 is 6.11. The number of benzene rings is 2. The quantitative estimate of drug-likeness (QED) is 0.674. The molecule has 1 aliphatic rings. The zero-order valence-corrected chi connectivity index (χ0v) is 12.6. The lowest BCUT2D eigenvalue weighted by atomic mass is 10.1. The first kappa shape index (κ1) is 12.8. The molecule has 1 atom stereocenters. The van der Waals surface area contributed by atoms with Crippen LogP contribution in [0.4, 0.5) is 0 Å². The van der Waals surface area contributed by atoms with Crippen LogP contribution in [-0.4, -0.2) is 10.7 Å². The van der Waals surface area contributed by atoms with Crippen LogP contribution in [0.5, 0.6) is 5.75 Å². The number of halogens is 1. The van der Waals surface area contributed by atoms with Crippen LogP contribution in [0.3, 0.4) is 0 Å². The molecule has 0 saturated carbocycles. The molecule has 0 radical (unpaired) electrons. The Hall–Kier alpha value is -1.93. The third-order valence-electron chi connectivity index (χ3n) is 4.09. The van der Waals surface area contributed by atoms with Gasteiger partial charge in [0, 0.05) is 23.2 Å². The third-order valence-corrected chi connectivity index (χ3v) is 4.33. The van der Waals surface area contributed by atoms with Crippen molar-refractivity contribution in [3.8, 4) is 5.75 Å². The second kappa shape index (κ2) is 4.81. The van der Waals surface area contributed by atoms with Gasteiger partial charge in [0.2, 0.25) is 0 Å². The minimum absolute atomic E-state index is 0.191. The van der Waals surface area contributed by atoms with Crippen LogP contribution in [0.2, 0.25) is 5.02 Å². The molecule has 1 aliphatic heterocycles. The normalized spacial score (nSPS) is 17.0. The minimum atomic E-state index is 0.191. The second-order valence-electron chi connectivity index (χ2n) is 5.73. The smallest absolute Gasteiger partial charge is 0.123 e. The van der Waals surface area contributed by atoms with E-state index in [9.17, 15) is 0 Å². The summed E-state index contributed by atoms with van der Waals surface area (Å²) in [6, 6.07) is 14.5. The molecule has 0 amide bonds. The van der Waals surface area contributed by atoms with E-state index in [0.29, 0.717) is 0 Å². The topological polar surface area (TPSA) is 14.2 Å². The van der Waals surface area contributed by atoms with Gasteiger partial charge in [-0.25, -0.2) is 0 Å². The SMILES string of the molecule is Cc1ccc2c(c1)CC(Cn1ccc3ccc(Cl)cc31)O2. The molecule has 0 spiro atoms. The van der Waals surface area contributed by atoms with E-state index in [1.807, 2.05) is 12.1 Å². The van der Waals surface area contributed by atoms with Crippen LogP contribution in [0.15, 0.2) is 48.7 Å². The maximum atomic E-state index is 6.11. The highest BCUT2D eigenvalue weighted by molar-refractivity contribution is 6.31. The summed E-state index contributed by atoms with van der Waals surface area (Å²) in [5.74, 6) is 1.03. The fourth-order valence-electron chi connectivity index (χ4n) is 3.09. The van der Waals surface area contributed by atoms with Crippen molar-refractivity contribution in [2.75, 3.05) is 0 Å². The highest BCUT2D eigenvalue weighted by atomic mass is 35.5. The first-order valence-electron chi connectivity index (χ1n) is 7.19. The average molecular weight is 298 g/mol. The molecule has 1 unspecified atom stereocenters. The number of fused-ring (bicyclic) bond motifs is 2. The van der Waals surface area contributed by atoms with Crippen molar-refractivity contribution >= 4 is 22.5 Å². The molecule has 3 heteroatoms. The Labute approximate surface area is 128 Å². The third kappa shape index (κ3) is 2.30. The maximum Gasteiger partial charge on any atom is 0.123 e. The largest absolute Gasteiger partial charge is 0.488 e. The lowest BCUT2D eigenvalue weighted by Gasteiger charge is -2.13. The summed E-state index contributed by atoms with van der Waals surface area (Å²) in [5, 5.41) is 1.99. The van der Waals surface area contributed by atoms with Crippen molar-refractivity contribution in [1.82, 2.24) is 4.57 Å². The molecule has 0 aliphatic carbocycles. The van der Waals surface area contributed by atoms with Gasteiger partial charge >= 0.3 is 0 Å². The monoisotopic (exact) mass is 297 g/mol. The zero-order chi connectivity index (χ0) is 14.4. The standard InChI is InChI=1S/C18H16ClNO/c1-12-2-5-18-14(8-12)9-16(21-18)11-20-7-6-13-3-4-15(19)10-17(13)20/h2-8,10,16H,9,11H2,1H3. The predicted octanol–water partition coefficient (Wildman–Crippen LogP) is 4.61. The Morgan fingerprint density at radius 2 is 2.10 bits per heavy atom. The first-order chi connectivity index (χ1) is 10.2. The van der Waals surface area contributed by atoms with Gasteiger partial charge in [-0.2, -0.15) is 0 Å². The van der Waals surface area contributed by atoms with Crippen LogP contribution in [0.1, 0.15) is 11.1 Å². The van der Waals surface area contributed by atoms with Crippen LogP contribution in [-0.2, 0) is 13.0 Å². The molecule has 0 N–H and O–H groups in total. The fourth-order valence-corrected chi connectivity index (χ4v) is 3.25. The Balaban J connectivity index is 1.61. The molecule has 2 heterocycles. The lowest BCUT2D eigenvalue weighted by molar-refractivity contribution is 0.211. The molecule has 2 aromatic carbocycles. The van der Waals surface area contributed by atoms with Gasteiger partial charge in [-0.15, -0.1) is 0 Å². The number of rotatable bonds is 2. The van der Waals surface area contributed by atoms with E-state index in [0.717, 1.165) is 23.7 Å². The summed E-state index contributed by atoms with van der Waals surface area (Å²) < 4.78 is 8.29. The molecule has 4 rings (SSSR count). The van der Waals surface area contributed by atoms with E-state index in [1.165, 1.54) is 22.0 Å². The van der Waals surface area contributed by atoms with Gasteiger partial charge in [-0.3, -0.25) is 0 Å². The Bertz CT molecular complexity index is 821. The van der Waals surface area contributed by atoms with Crippen molar-refractivity contribution in [3.63, 3.8) is 0 Å². The number of aryl methyl sites for hydroxylation is 1. The van der Waals surface area contributed by atoms with E-state index < -0.39 is 0 Å². The molecule has 0 saturated heterocycles. The zero-order valence-electron chi connectivity index (χ0n) is 11.8. The van der Waals surface area contributed by atoms with Crippen LogP contribution in [0, 0.1) is 6.92 Å². The van der Waals surface area contributed by atoms with Crippen molar-refractivity contribution in [3.05, 3.63) is 64.8 Å². The summed E-state index contributed by atoms with van der Waals surface area (Å²) in [6.45, 7) is 2.96. The minimum Gasteiger partial charge on any atom is -0.488 e. The fraction of sp³-hybridized carbons (Fsp3) is 0.222. The Morgan fingerprint density at radius 1 is 1.19 bits per heavy atom. The highest BCUT2D eigenvalue weighted by Crippen LogP contribution is 2.31. The van der Waals surface area contributed by atoms with Crippen LogP contribution < -0.4 is 4.74 Å². The van der Waals surface area contributed by atoms with Crippen LogP contribution in [0.25, 0.3) is 10.9 Å². The van der Waals surface area contributed by atoms with Gasteiger partial charge < -0.3 is 9.30 Å². The van der Waals surface area contributed by atoms with Crippen molar-refractivity contribution in [2.45, 2.75) is 26.0 Å². The van der Waals surface area contributed by atoms with E-state index in [-0.39, 0.29) is 6.10 Å². The van der Waals surface area contributed by atoms with Crippen molar-refractivity contribution < 1.29 is 4.74 Å². The Kier molecular flexibility index (Phi) is 2.93. The molecule has 2 nitrogen and oxygen atoms in total. The Morgan fingerprint density at radius 3 is 3.00 bits per heavy atom. The lowest BCUT2D eigenvalue weighted by Crippen LogP contribution is -2.20. The molecule has 0 fully saturated rings. The predicted molar refractivity (Wildman–Crippen MR) is 86.2 cm³/mol. The molecule has 3 aromatic rings.